The molecule has 3 nitrogen and oxygen atoms in total. The topological polar surface area (TPSA) is 46.5 Å². The van der Waals surface area contributed by atoms with Gasteiger partial charge in [-0.05, 0) is 12.1 Å². The molecule has 0 bridgehead atoms. The summed E-state index contributed by atoms with van der Waals surface area (Å²) in [6.45, 7) is 7.43. The monoisotopic (exact) mass is 242 g/mol. The van der Waals surface area contributed by atoms with Crippen molar-refractivity contribution in [2.24, 2.45) is 0 Å². The molecule has 92 valence electrons. The van der Waals surface area contributed by atoms with E-state index in [1.165, 1.54) is 0 Å². The van der Waals surface area contributed by atoms with Gasteiger partial charge in [-0.2, -0.15) is 0 Å². The molecule has 1 aliphatic rings. The van der Waals surface area contributed by atoms with Crippen LogP contribution in [0.15, 0.2) is 60.9 Å². The molecule has 0 radical (unpaired) electrons. The van der Waals surface area contributed by atoms with Gasteiger partial charge in [-0.3, -0.25) is 4.79 Å². The molecule has 18 heavy (non-hydrogen) atoms. The molecular weight excluding hydrogens is 228 g/mol. The fourth-order valence-electron chi connectivity index (χ4n) is 2.17. The average molecular weight is 242 g/mol. The number of hydrogen-bond acceptors (Lipinski definition) is 2. The summed E-state index contributed by atoms with van der Waals surface area (Å²) in [5.74, 6) is 0.177. The van der Waals surface area contributed by atoms with Gasteiger partial charge in [0, 0.05) is 17.1 Å². The molecule has 1 aliphatic heterocycles. The minimum Gasteiger partial charge on any atom is -0.481 e. The van der Waals surface area contributed by atoms with Crippen LogP contribution in [0.5, 0.6) is 5.75 Å². The van der Waals surface area contributed by atoms with Crippen LogP contribution in [-0.2, 0) is 4.79 Å². The van der Waals surface area contributed by atoms with Crippen molar-refractivity contribution in [1.29, 1.82) is 0 Å². The van der Waals surface area contributed by atoms with Crippen LogP contribution in [0.25, 0.3) is 0 Å². The van der Waals surface area contributed by atoms with Crippen LogP contribution in [0.1, 0.15) is 17.9 Å². The van der Waals surface area contributed by atoms with Crippen molar-refractivity contribution in [3.05, 3.63) is 66.5 Å². The highest BCUT2D eigenvalue weighted by Gasteiger charge is 2.28. The number of hydrogen-bond donors (Lipinski definition) is 1. The highest BCUT2D eigenvalue weighted by atomic mass is 16.5. The van der Waals surface area contributed by atoms with Gasteiger partial charge < -0.3 is 9.84 Å². The first-order chi connectivity index (χ1) is 8.67. The lowest BCUT2D eigenvalue weighted by Crippen LogP contribution is -2.16. The maximum atomic E-state index is 11.0. The Balaban J connectivity index is 2.55. The molecule has 2 rings (SSSR count). The molecule has 1 N–H and O–H groups in total. The standard InChI is InChI=1S/C15H14O3/c1-3-10-12(9-15(16)17)11-7-5-6-8-14(11)18-13(10)4-2/h3-8,12H,1-2,9H2,(H,16,17). The molecule has 0 amide bonds. The summed E-state index contributed by atoms with van der Waals surface area (Å²) in [7, 11) is 0. The Labute approximate surface area is 106 Å². The van der Waals surface area contributed by atoms with E-state index in [1.54, 1.807) is 12.2 Å². The number of fused-ring (bicyclic) bond motifs is 1. The molecule has 1 aromatic rings. The van der Waals surface area contributed by atoms with Gasteiger partial charge in [0.1, 0.15) is 11.5 Å². The first-order valence-electron chi connectivity index (χ1n) is 5.65. The van der Waals surface area contributed by atoms with Gasteiger partial charge in [-0.15, -0.1) is 0 Å². The molecule has 1 atom stereocenters. The van der Waals surface area contributed by atoms with Crippen molar-refractivity contribution in [3.8, 4) is 5.75 Å². The molecule has 0 fully saturated rings. The Bertz CT molecular complexity index is 540. The number of carbonyl (C=O) groups is 1. The lowest BCUT2D eigenvalue weighted by molar-refractivity contribution is -0.137. The largest absolute Gasteiger partial charge is 0.481 e. The van der Waals surface area contributed by atoms with Gasteiger partial charge in [0.15, 0.2) is 0 Å². The minimum absolute atomic E-state index is 0.0130. The molecule has 0 aliphatic carbocycles. The van der Waals surface area contributed by atoms with Gasteiger partial charge in [-0.1, -0.05) is 37.4 Å². The van der Waals surface area contributed by atoms with Crippen molar-refractivity contribution in [2.45, 2.75) is 12.3 Å². The second kappa shape index (κ2) is 4.92. The third-order valence-corrected chi connectivity index (χ3v) is 2.96. The highest BCUT2D eigenvalue weighted by Crippen LogP contribution is 2.41. The molecule has 0 saturated carbocycles. The van der Waals surface area contributed by atoms with E-state index in [-0.39, 0.29) is 12.3 Å². The smallest absolute Gasteiger partial charge is 0.304 e. The Morgan fingerprint density at radius 3 is 2.67 bits per heavy atom. The number of rotatable bonds is 4. The Hall–Kier alpha value is -2.29. The minimum atomic E-state index is -0.848. The molecule has 1 unspecified atom stereocenters. The second-order valence-corrected chi connectivity index (χ2v) is 4.02. The van der Waals surface area contributed by atoms with E-state index in [0.717, 1.165) is 11.1 Å². The van der Waals surface area contributed by atoms with E-state index in [2.05, 4.69) is 13.2 Å². The normalized spacial score (nSPS) is 17.7. The van der Waals surface area contributed by atoms with Crippen LogP contribution in [0.3, 0.4) is 0 Å². The van der Waals surface area contributed by atoms with Crippen molar-refractivity contribution in [2.75, 3.05) is 0 Å². The maximum absolute atomic E-state index is 11.0. The van der Waals surface area contributed by atoms with Crippen LogP contribution in [-0.4, -0.2) is 11.1 Å². The second-order valence-electron chi connectivity index (χ2n) is 4.02. The summed E-state index contributed by atoms with van der Waals surface area (Å²) >= 11 is 0. The molecule has 0 spiro atoms. The molecule has 3 heteroatoms. The number of carboxylic acids is 1. The summed E-state index contributed by atoms with van der Waals surface area (Å²) < 4.78 is 5.69. The number of allylic oxidation sites excluding steroid dienone is 3. The predicted molar refractivity (Wildman–Crippen MR) is 69.5 cm³/mol. The van der Waals surface area contributed by atoms with Gasteiger partial charge >= 0.3 is 5.97 Å². The van der Waals surface area contributed by atoms with Crippen molar-refractivity contribution in [3.63, 3.8) is 0 Å². The lowest BCUT2D eigenvalue weighted by atomic mass is 9.85. The fourth-order valence-corrected chi connectivity index (χ4v) is 2.17. The first-order valence-corrected chi connectivity index (χ1v) is 5.65. The highest BCUT2D eigenvalue weighted by molar-refractivity contribution is 5.70. The zero-order valence-electron chi connectivity index (χ0n) is 9.93. The molecule has 1 heterocycles. The molecule has 1 aromatic carbocycles. The van der Waals surface area contributed by atoms with Gasteiger partial charge in [0.05, 0.1) is 6.42 Å². The van der Waals surface area contributed by atoms with E-state index in [1.807, 2.05) is 24.3 Å². The summed E-state index contributed by atoms with van der Waals surface area (Å²) in [5.41, 5.74) is 1.64. The van der Waals surface area contributed by atoms with Crippen LogP contribution >= 0.6 is 0 Å². The van der Waals surface area contributed by atoms with E-state index < -0.39 is 5.97 Å². The zero-order valence-corrected chi connectivity index (χ0v) is 9.93. The lowest BCUT2D eigenvalue weighted by Gasteiger charge is -2.27. The van der Waals surface area contributed by atoms with E-state index in [4.69, 9.17) is 9.84 Å². The number of benzene rings is 1. The summed E-state index contributed by atoms with van der Waals surface area (Å²) in [4.78, 5) is 11.0. The first kappa shape index (κ1) is 12.2. The maximum Gasteiger partial charge on any atom is 0.304 e. The number of carboxylic acid groups (broad SMARTS) is 1. The predicted octanol–water partition coefficient (Wildman–Crippen LogP) is 3.26. The third-order valence-electron chi connectivity index (χ3n) is 2.96. The van der Waals surface area contributed by atoms with Crippen LogP contribution in [0.2, 0.25) is 0 Å². The van der Waals surface area contributed by atoms with Crippen LogP contribution < -0.4 is 4.74 Å². The summed E-state index contributed by atoms with van der Waals surface area (Å²) in [5, 5.41) is 9.04. The van der Waals surface area contributed by atoms with E-state index in [0.29, 0.717) is 11.5 Å². The third kappa shape index (κ3) is 2.07. The van der Waals surface area contributed by atoms with Crippen LogP contribution in [0.4, 0.5) is 0 Å². The Kier molecular flexibility index (Phi) is 3.33. The molecular formula is C15H14O3. The molecule has 0 saturated heterocycles. The number of ether oxygens (including phenoxy) is 1. The summed E-state index contributed by atoms with van der Waals surface area (Å²) in [6.07, 6.45) is 3.24. The molecule has 0 aromatic heterocycles. The Morgan fingerprint density at radius 2 is 2.06 bits per heavy atom. The van der Waals surface area contributed by atoms with Gasteiger partial charge in [0.2, 0.25) is 0 Å². The number of aliphatic carboxylic acids is 1. The van der Waals surface area contributed by atoms with Crippen molar-refractivity contribution >= 4 is 5.97 Å². The quantitative estimate of drug-likeness (QED) is 0.881. The van der Waals surface area contributed by atoms with E-state index >= 15 is 0 Å². The SMILES string of the molecule is C=CC1=C(C=C)C(CC(=O)O)c2ccccc2O1. The number of para-hydroxylation sites is 1. The Morgan fingerprint density at radius 1 is 1.33 bits per heavy atom. The summed E-state index contributed by atoms with van der Waals surface area (Å²) in [6, 6.07) is 7.44. The average Bonchev–Trinajstić information content (AvgIpc) is 2.37. The van der Waals surface area contributed by atoms with Crippen molar-refractivity contribution in [1.82, 2.24) is 0 Å². The fraction of sp³-hybridized carbons (Fsp3) is 0.133. The van der Waals surface area contributed by atoms with E-state index in [9.17, 15) is 4.79 Å². The van der Waals surface area contributed by atoms with Crippen molar-refractivity contribution < 1.29 is 14.6 Å². The zero-order chi connectivity index (χ0) is 13.1. The van der Waals surface area contributed by atoms with Gasteiger partial charge in [-0.25, -0.2) is 0 Å². The van der Waals surface area contributed by atoms with Gasteiger partial charge in [0.25, 0.3) is 0 Å². The van der Waals surface area contributed by atoms with Crippen LogP contribution in [0, 0.1) is 0 Å².